The van der Waals surface area contributed by atoms with E-state index >= 15 is 0 Å². The summed E-state index contributed by atoms with van der Waals surface area (Å²) >= 11 is 0. The van der Waals surface area contributed by atoms with Crippen molar-refractivity contribution in [2.24, 2.45) is 0 Å². The fraction of sp³-hybridized carbons (Fsp3) is 0.250. The molecule has 0 aliphatic carbocycles. The Bertz CT molecular complexity index is 566. The highest BCUT2D eigenvalue weighted by molar-refractivity contribution is 5.96. The van der Waals surface area contributed by atoms with Crippen molar-refractivity contribution in [2.45, 2.75) is 14.4 Å². The summed E-state index contributed by atoms with van der Waals surface area (Å²) in [6.45, 7) is 1.60. The number of carbonyl (C=O) groups is 1. The zero-order valence-electron chi connectivity index (χ0n) is 9.23. The molecule has 6 heteroatoms. The summed E-state index contributed by atoms with van der Waals surface area (Å²) < 4.78 is 22.9. The van der Waals surface area contributed by atoms with Gasteiger partial charge >= 0.3 is 5.97 Å². The van der Waals surface area contributed by atoms with Gasteiger partial charge in [-0.1, -0.05) is 7.43 Å². The van der Waals surface area contributed by atoms with E-state index in [9.17, 15) is 9.18 Å². The molecule has 0 aliphatic heterocycles. The first-order valence-electron chi connectivity index (χ1n) is 4.80. The predicted octanol–water partition coefficient (Wildman–Crippen LogP) is 2.61. The van der Waals surface area contributed by atoms with E-state index in [1.165, 1.54) is 19.2 Å². The molecule has 0 N–H and O–H groups in total. The Morgan fingerprint density at radius 1 is 1.39 bits per heavy atom. The normalized spacial score (nSPS) is 9.72. The van der Waals surface area contributed by atoms with Gasteiger partial charge in [-0.25, -0.2) is 9.18 Å². The summed E-state index contributed by atoms with van der Waals surface area (Å²) in [7, 11) is 1.24. The topological polar surface area (TPSA) is 65.2 Å². The maximum absolute atomic E-state index is 13.2. The molecule has 0 radical (unpaired) electrons. The first kappa shape index (κ1) is 13.8. The number of nitrogens with zero attached hydrogens (tertiary/aromatic N) is 2. The summed E-state index contributed by atoms with van der Waals surface area (Å²) in [4.78, 5) is 11.5. The highest BCUT2D eigenvalue weighted by atomic mass is 19.1. The summed E-state index contributed by atoms with van der Waals surface area (Å²) in [5, 5.41) is 7.37. The molecule has 0 amide bonds. The molecule has 0 bridgehead atoms. The van der Waals surface area contributed by atoms with Gasteiger partial charge in [-0.05, 0) is 18.2 Å². The molecule has 5 nitrogen and oxygen atoms in total. The van der Waals surface area contributed by atoms with Crippen LogP contribution < -0.4 is 0 Å². The predicted molar refractivity (Wildman–Crippen MR) is 62.5 cm³/mol. The second-order valence-corrected chi connectivity index (χ2v) is 3.31. The second-order valence-electron chi connectivity index (χ2n) is 3.31. The van der Waals surface area contributed by atoms with E-state index in [0.29, 0.717) is 5.89 Å². The van der Waals surface area contributed by atoms with E-state index in [1.54, 1.807) is 6.92 Å². The van der Waals surface area contributed by atoms with Gasteiger partial charge in [-0.15, -0.1) is 10.2 Å². The number of methoxy groups -OCH3 is 1. The van der Waals surface area contributed by atoms with Gasteiger partial charge in [0.1, 0.15) is 5.82 Å². The maximum Gasteiger partial charge on any atom is 0.338 e. The molecule has 0 fully saturated rings. The molecule has 0 unspecified atom stereocenters. The molecule has 1 aromatic carbocycles. The van der Waals surface area contributed by atoms with Crippen LogP contribution in [-0.4, -0.2) is 23.3 Å². The van der Waals surface area contributed by atoms with E-state index < -0.39 is 11.8 Å². The number of hydrogen-bond donors (Lipinski definition) is 0. The van der Waals surface area contributed by atoms with Crippen LogP contribution in [0.4, 0.5) is 4.39 Å². The lowest BCUT2D eigenvalue weighted by Gasteiger charge is -2.04. The van der Waals surface area contributed by atoms with Gasteiger partial charge in [-0.2, -0.15) is 0 Å². The Balaban J connectivity index is 0.00000162. The number of aryl methyl sites for hydroxylation is 1. The average Bonchev–Trinajstić information content (AvgIpc) is 2.75. The van der Waals surface area contributed by atoms with Gasteiger partial charge in [0.2, 0.25) is 11.8 Å². The Labute approximate surface area is 104 Å². The molecule has 0 saturated carbocycles. The zero-order valence-corrected chi connectivity index (χ0v) is 9.23. The molecule has 0 saturated heterocycles. The lowest BCUT2D eigenvalue weighted by molar-refractivity contribution is 0.0601. The summed E-state index contributed by atoms with van der Waals surface area (Å²) in [6.07, 6.45) is 0. The minimum Gasteiger partial charge on any atom is -0.465 e. The molecule has 18 heavy (non-hydrogen) atoms. The van der Waals surface area contributed by atoms with E-state index in [1.807, 2.05) is 0 Å². The number of halogens is 1. The van der Waals surface area contributed by atoms with Crippen LogP contribution in [0, 0.1) is 12.7 Å². The number of ether oxygens (including phenoxy) is 1. The molecular weight excluding hydrogens is 239 g/mol. The minimum absolute atomic E-state index is 0. The van der Waals surface area contributed by atoms with E-state index in [-0.39, 0.29) is 24.4 Å². The van der Waals surface area contributed by atoms with Crippen LogP contribution in [0.1, 0.15) is 23.7 Å². The molecule has 96 valence electrons. The third-order valence-electron chi connectivity index (χ3n) is 2.14. The van der Waals surface area contributed by atoms with E-state index in [2.05, 4.69) is 14.9 Å². The van der Waals surface area contributed by atoms with Crippen LogP contribution in [0.3, 0.4) is 0 Å². The maximum atomic E-state index is 13.2. The third-order valence-corrected chi connectivity index (χ3v) is 2.14. The molecule has 0 spiro atoms. The van der Waals surface area contributed by atoms with Gasteiger partial charge in [0.05, 0.1) is 18.2 Å². The summed E-state index contributed by atoms with van der Waals surface area (Å²) in [6, 6.07) is 3.63. The third kappa shape index (κ3) is 2.53. The fourth-order valence-corrected chi connectivity index (χ4v) is 1.39. The van der Waals surface area contributed by atoms with Crippen molar-refractivity contribution >= 4 is 5.97 Å². The van der Waals surface area contributed by atoms with Crippen LogP contribution in [0.2, 0.25) is 0 Å². The number of hydrogen-bond acceptors (Lipinski definition) is 5. The van der Waals surface area contributed by atoms with Crippen molar-refractivity contribution in [1.29, 1.82) is 0 Å². The van der Waals surface area contributed by atoms with Gasteiger partial charge < -0.3 is 9.15 Å². The molecular formula is C12H13FN2O3. The minimum atomic E-state index is -0.587. The highest BCUT2D eigenvalue weighted by Gasteiger charge is 2.18. The number of carbonyl (C=O) groups excluding carboxylic acids is 1. The van der Waals surface area contributed by atoms with Crippen molar-refractivity contribution in [3.8, 4) is 11.5 Å². The van der Waals surface area contributed by atoms with Gasteiger partial charge in [0, 0.05) is 6.92 Å². The first-order valence-corrected chi connectivity index (χ1v) is 4.80. The van der Waals surface area contributed by atoms with Crippen LogP contribution in [0.25, 0.3) is 11.5 Å². The van der Waals surface area contributed by atoms with Crippen LogP contribution >= 0.6 is 0 Å². The average molecular weight is 252 g/mol. The van der Waals surface area contributed by atoms with Crippen LogP contribution in [0.15, 0.2) is 22.6 Å². The van der Waals surface area contributed by atoms with E-state index in [0.717, 1.165) is 6.07 Å². The van der Waals surface area contributed by atoms with Gasteiger partial charge in [-0.3, -0.25) is 0 Å². The number of rotatable bonds is 2. The summed E-state index contributed by atoms with van der Waals surface area (Å²) in [5.41, 5.74) is 0.398. The van der Waals surface area contributed by atoms with Crippen molar-refractivity contribution in [3.05, 3.63) is 35.5 Å². The molecule has 0 atom stereocenters. The standard InChI is InChI=1S/C11H9FN2O3.CH4/c1-6-13-14-10(17-6)9-5-7(12)3-4-8(9)11(15)16-2;/h3-5H,1-2H3;1H4. The Kier molecular flexibility index (Phi) is 4.14. The number of benzene rings is 1. The summed E-state index contributed by atoms with van der Waals surface area (Å²) in [5.74, 6) is -0.665. The molecule has 1 heterocycles. The molecule has 2 rings (SSSR count). The lowest BCUT2D eigenvalue weighted by Crippen LogP contribution is -2.04. The molecule has 1 aromatic heterocycles. The second kappa shape index (κ2) is 5.39. The SMILES string of the molecule is C.COC(=O)c1ccc(F)cc1-c1nnc(C)o1. The highest BCUT2D eigenvalue weighted by Crippen LogP contribution is 2.24. The molecule has 2 aromatic rings. The van der Waals surface area contributed by atoms with Gasteiger partial charge in [0.25, 0.3) is 0 Å². The zero-order chi connectivity index (χ0) is 12.4. The number of aromatic nitrogens is 2. The van der Waals surface area contributed by atoms with Crippen molar-refractivity contribution < 1.29 is 18.3 Å². The van der Waals surface area contributed by atoms with Crippen molar-refractivity contribution in [3.63, 3.8) is 0 Å². The quantitative estimate of drug-likeness (QED) is 0.768. The largest absolute Gasteiger partial charge is 0.465 e. The van der Waals surface area contributed by atoms with Gasteiger partial charge in [0.15, 0.2) is 0 Å². The lowest BCUT2D eigenvalue weighted by atomic mass is 10.1. The first-order chi connectivity index (χ1) is 8.11. The monoisotopic (exact) mass is 252 g/mol. The van der Waals surface area contributed by atoms with Crippen molar-refractivity contribution in [1.82, 2.24) is 10.2 Å². The Morgan fingerprint density at radius 3 is 2.67 bits per heavy atom. The Hall–Kier alpha value is -2.24. The van der Waals surface area contributed by atoms with Crippen LogP contribution in [-0.2, 0) is 4.74 Å². The van der Waals surface area contributed by atoms with Crippen LogP contribution in [0.5, 0.6) is 0 Å². The fourth-order valence-electron chi connectivity index (χ4n) is 1.39. The smallest absolute Gasteiger partial charge is 0.338 e. The number of esters is 1. The molecule has 0 aliphatic rings. The Morgan fingerprint density at radius 2 is 2.11 bits per heavy atom. The van der Waals surface area contributed by atoms with Crippen molar-refractivity contribution in [2.75, 3.05) is 7.11 Å². The van der Waals surface area contributed by atoms with E-state index in [4.69, 9.17) is 4.42 Å².